The monoisotopic (exact) mass is 925 g/mol. The molecule has 1 aliphatic rings. The smallest absolute Gasteiger partial charge is 0.667 e. The van der Waals surface area contributed by atoms with Gasteiger partial charge in [-0.05, 0) is 63.3 Å². The van der Waals surface area contributed by atoms with E-state index in [0.717, 1.165) is 61.8 Å². The molecule has 0 unspecified atom stereocenters. The fraction of sp³-hybridized carbons (Fsp3) is 0.231. The molecule has 0 radical (unpaired) electrons. The number of pyridine rings is 1. The third-order valence-corrected chi connectivity index (χ3v) is 11.1. The van der Waals surface area contributed by atoms with Gasteiger partial charge in [0.15, 0.2) is 0 Å². The van der Waals surface area contributed by atoms with E-state index >= 15 is 0 Å². The Labute approximate surface area is 353 Å². The molecule has 4 nitrogen and oxygen atoms in total. The SMILES string of the molecule is CC(C)c1cccc(C(C)C)c1-c1ccnc(-c2[c-]c(-c3cccc4c3nc(C(C)(C)C3=CC(C)(C)C=C[N-]3)n4-c3ccccc3-c3ccccc3)ccc2)c1.[Pt+2]. The number of benzene rings is 5. The van der Waals surface area contributed by atoms with Gasteiger partial charge >= 0.3 is 21.1 Å². The Morgan fingerprint density at radius 1 is 0.702 bits per heavy atom. The van der Waals surface area contributed by atoms with Crippen LogP contribution < -0.4 is 0 Å². The predicted octanol–water partition coefficient (Wildman–Crippen LogP) is 14.2. The summed E-state index contributed by atoms with van der Waals surface area (Å²) in [6.45, 7) is 18.0. The molecule has 288 valence electrons. The van der Waals surface area contributed by atoms with E-state index in [1.807, 2.05) is 12.4 Å². The molecule has 0 bridgehead atoms. The summed E-state index contributed by atoms with van der Waals surface area (Å²) in [5, 5.41) is 4.96. The van der Waals surface area contributed by atoms with Crippen LogP contribution in [0.3, 0.4) is 0 Å². The van der Waals surface area contributed by atoms with Gasteiger partial charge in [0, 0.05) is 22.9 Å². The molecule has 5 heteroatoms. The molecular weight excluding hydrogens is 876 g/mol. The zero-order valence-electron chi connectivity index (χ0n) is 34.1. The molecular formula is C52H50N4Pt. The topological polar surface area (TPSA) is 44.8 Å². The summed E-state index contributed by atoms with van der Waals surface area (Å²) in [5.41, 5.74) is 14.7. The number of imidazole rings is 1. The van der Waals surface area contributed by atoms with Crippen molar-refractivity contribution in [3.8, 4) is 50.3 Å². The van der Waals surface area contributed by atoms with E-state index in [0.29, 0.717) is 11.8 Å². The molecule has 8 rings (SSSR count). The van der Waals surface area contributed by atoms with Crippen LogP contribution in [0.25, 0.3) is 66.7 Å². The van der Waals surface area contributed by atoms with Crippen molar-refractivity contribution < 1.29 is 21.1 Å². The third kappa shape index (κ3) is 7.61. The van der Waals surface area contributed by atoms with Crippen LogP contribution >= 0.6 is 0 Å². The second-order valence-electron chi connectivity index (χ2n) is 16.8. The summed E-state index contributed by atoms with van der Waals surface area (Å²) in [5.74, 6) is 1.73. The minimum atomic E-state index is -0.529. The largest absolute Gasteiger partial charge is 2.00 e. The average molecular weight is 926 g/mol. The number of allylic oxidation sites excluding steroid dienone is 3. The van der Waals surface area contributed by atoms with Crippen molar-refractivity contribution in [1.29, 1.82) is 0 Å². The van der Waals surface area contributed by atoms with E-state index in [-0.39, 0.29) is 26.5 Å². The van der Waals surface area contributed by atoms with E-state index in [4.69, 9.17) is 15.3 Å². The molecule has 0 saturated carbocycles. The van der Waals surface area contributed by atoms with E-state index in [1.165, 1.54) is 22.3 Å². The van der Waals surface area contributed by atoms with Gasteiger partial charge in [0.25, 0.3) is 0 Å². The van der Waals surface area contributed by atoms with Gasteiger partial charge in [-0.3, -0.25) is 9.55 Å². The summed E-state index contributed by atoms with van der Waals surface area (Å²) < 4.78 is 2.36. The van der Waals surface area contributed by atoms with Gasteiger partial charge in [-0.25, -0.2) is 4.98 Å². The van der Waals surface area contributed by atoms with Crippen LogP contribution in [0.15, 0.2) is 152 Å². The molecule has 3 heterocycles. The summed E-state index contributed by atoms with van der Waals surface area (Å²) in [6, 6.07) is 47.0. The number of nitrogens with zero attached hydrogens (tertiary/aromatic N) is 4. The molecule has 0 spiro atoms. The Bertz CT molecular complexity index is 2600. The number of hydrogen-bond donors (Lipinski definition) is 0. The Kier molecular flexibility index (Phi) is 11.1. The van der Waals surface area contributed by atoms with Crippen molar-refractivity contribution in [3.05, 3.63) is 180 Å². The molecule has 7 aromatic rings. The van der Waals surface area contributed by atoms with Gasteiger partial charge < -0.3 is 5.32 Å². The predicted molar refractivity (Wildman–Crippen MR) is 235 cm³/mol. The minimum Gasteiger partial charge on any atom is -0.667 e. The quantitative estimate of drug-likeness (QED) is 0.135. The van der Waals surface area contributed by atoms with Crippen molar-refractivity contribution >= 4 is 11.0 Å². The average Bonchev–Trinajstić information content (AvgIpc) is 3.61. The molecule has 1 aliphatic heterocycles. The zero-order valence-corrected chi connectivity index (χ0v) is 36.4. The molecule has 0 saturated heterocycles. The van der Waals surface area contributed by atoms with Gasteiger partial charge in [-0.15, -0.1) is 35.5 Å². The zero-order chi connectivity index (χ0) is 39.2. The summed E-state index contributed by atoms with van der Waals surface area (Å²) >= 11 is 0. The van der Waals surface area contributed by atoms with Crippen LogP contribution in [0.1, 0.15) is 84.2 Å². The molecule has 0 amide bonds. The normalized spacial score (nSPS) is 13.8. The first-order valence-corrected chi connectivity index (χ1v) is 19.8. The van der Waals surface area contributed by atoms with E-state index in [2.05, 4.69) is 200 Å². The van der Waals surface area contributed by atoms with Crippen molar-refractivity contribution in [2.45, 2.75) is 72.6 Å². The van der Waals surface area contributed by atoms with Gasteiger partial charge in [0.1, 0.15) is 5.82 Å². The molecule has 57 heavy (non-hydrogen) atoms. The second kappa shape index (κ2) is 15.9. The van der Waals surface area contributed by atoms with Gasteiger partial charge in [0.05, 0.1) is 16.7 Å². The molecule has 0 atom stereocenters. The summed E-state index contributed by atoms with van der Waals surface area (Å²) in [6.07, 6.45) is 8.32. The maximum absolute atomic E-state index is 5.61. The van der Waals surface area contributed by atoms with Crippen LogP contribution in [0.4, 0.5) is 0 Å². The Hall–Kier alpha value is -5.31. The van der Waals surface area contributed by atoms with Crippen molar-refractivity contribution in [1.82, 2.24) is 14.5 Å². The number of fused-ring (bicyclic) bond motifs is 1. The van der Waals surface area contributed by atoms with E-state index in [9.17, 15) is 0 Å². The number of rotatable bonds is 9. The fourth-order valence-electron chi connectivity index (χ4n) is 8.11. The maximum Gasteiger partial charge on any atom is 2.00 e. The van der Waals surface area contributed by atoms with Crippen molar-refractivity contribution in [2.75, 3.05) is 0 Å². The molecule has 0 N–H and O–H groups in total. The standard InChI is InChI=1S/C52H50N4.Pt/c1-34(2)40-22-15-23-41(35(3)4)48(40)39-27-29-53-44(32-39)38-20-14-19-37(31-38)43-24-16-26-46-49(43)55-50(52(7,8)47-33-51(5,6)28-30-54-47)56(46)45-25-13-12-21-42(45)36-17-10-9-11-18-36;/h9-30,32-35H,1-8H3;/q-2;+2. The Morgan fingerprint density at radius 2 is 1.35 bits per heavy atom. The van der Waals surface area contributed by atoms with Crippen molar-refractivity contribution in [2.24, 2.45) is 5.41 Å². The fourth-order valence-corrected chi connectivity index (χ4v) is 8.11. The maximum atomic E-state index is 5.61. The third-order valence-electron chi connectivity index (χ3n) is 11.1. The van der Waals surface area contributed by atoms with E-state index in [1.54, 1.807) is 0 Å². The van der Waals surface area contributed by atoms with E-state index < -0.39 is 5.41 Å². The molecule has 0 fully saturated rings. The summed E-state index contributed by atoms with van der Waals surface area (Å²) in [4.78, 5) is 10.5. The Balaban J connectivity index is 0.00000496. The molecule has 5 aromatic carbocycles. The number of hydrogen-bond acceptors (Lipinski definition) is 2. The van der Waals surface area contributed by atoms with Crippen LogP contribution in [0.2, 0.25) is 0 Å². The van der Waals surface area contributed by atoms with Gasteiger partial charge in [0.2, 0.25) is 0 Å². The first-order chi connectivity index (χ1) is 26.9. The van der Waals surface area contributed by atoms with Crippen LogP contribution in [-0.2, 0) is 26.5 Å². The Morgan fingerprint density at radius 3 is 2.07 bits per heavy atom. The molecule has 2 aromatic heterocycles. The van der Waals surface area contributed by atoms with Crippen LogP contribution in [0, 0.1) is 11.5 Å². The first-order valence-electron chi connectivity index (χ1n) is 19.8. The van der Waals surface area contributed by atoms with Crippen LogP contribution in [-0.4, -0.2) is 14.5 Å². The first kappa shape index (κ1) is 39.9. The van der Waals surface area contributed by atoms with Crippen molar-refractivity contribution in [3.63, 3.8) is 0 Å². The van der Waals surface area contributed by atoms with Gasteiger partial charge in [-0.2, -0.15) is 6.20 Å². The molecule has 0 aliphatic carbocycles. The minimum absolute atomic E-state index is 0. The number of aromatic nitrogens is 3. The number of para-hydroxylation sites is 2. The second-order valence-corrected chi connectivity index (χ2v) is 16.8. The van der Waals surface area contributed by atoms with Crippen LogP contribution in [0.5, 0.6) is 0 Å². The summed E-state index contributed by atoms with van der Waals surface area (Å²) in [7, 11) is 0. The van der Waals surface area contributed by atoms with Gasteiger partial charge in [-0.1, -0.05) is 164 Å².